The molecule has 2 rings (SSSR count). The van der Waals surface area contributed by atoms with E-state index in [1.807, 2.05) is 6.92 Å². The maximum Gasteiger partial charge on any atom is 0.338 e. The van der Waals surface area contributed by atoms with Crippen molar-refractivity contribution < 1.29 is 33.1 Å². The summed E-state index contributed by atoms with van der Waals surface area (Å²) in [4.78, 5) is 47.2. The molecule has 0 aliphatic carbocycles. The third kappa shape index (κ3) is 9.16. The molecule has 1 heterocycles. The minimum Gasteiger partial charge on any atom is -0.467 e. The first-order valence-electron chi connectivity index (χ1n) is 9.99. The van der Waals surface area contributed by atoms with E-state index in [9.17, 15) is 19.2 Å². The maximum atomic E-state index is 11.9. The number of hydrogen-bond donors (Lipinski definition) is 2. The number of benzene rings is 1. The molecule has 0 aliphatic heterocycles. The Morgan fingerprint density at radius 2 is 1.74 bits per heavy atom. The van der Waals surface area contributed by atoms with Gasteiger partial charge in [-0.2, -0.15) is 0 Å². The lowest BCUT2D eigenvalue weighted by atomic mass is 10.2. The van der Waals surface area contributed by atoms with Gasteiger partial charge in [-0.25, -0.2) is 4.79 Å². The number of esters is 2. The van der Waals surface area contributed by atoms with Gasteiger partial charge < -0.3 is 24.5 Å². The molecule has 0 bridgehead atoms. The molecule has 0 aliphatic rings. The maximum absolute atomic E-state index is 11.9. The Morgan fingerprint density at radius 1 is 0.968 bits per heavy atom. The molecule has 0 fully saturated rings. The van der Waals surface area contributed by atoms with Crippen LogP contribution in [0.2, 0.25) is 0 Å². The standard InChI is InChI=1S/C22H26N2O7/c1-2-3-12-30-22(28)16-6-8-17(9-7-16)24-20(26)15-31-21(27)11-10-19(25)23-14-18-5-4-13-29-18/h4-9,13H,2-3,10-12,14-15H2,1H3,(H,23,25)(H,24,26). The number of carbonyl (C=O) groups is 4. The predicted molar refractivity (Wildman–Crippen MR) is 111 cm³/mol. The van der Waals surface area contributed by atoms with Crippen LogP contribution in [0.4, 0.5) is 5.69 Å². The zero-order valence-electron chi connectivity index (χ0n) is 17.3. The second kappa shape index (κ2) is 12.8. The van der Waals surface area contributed by atoms with Gasteiger partial charge in [-0.3, -0.25) is 14.4 Å². The van der Waals surface area contributed by atoms with Gasteiger partial charge in [0.25, 0.3) is 5.91 Å². The summed E-state index contributed by atoms with van der Waals surface area (Å²) in [6.07, 6.45) is 3.03. The lowest BCUT2D eigenvalue weighted by Gasteiger charge is -2.08. The summed E-state index contributed by atoms with van der Waals surface area (Å²) in [5.74, 6) is -1.34. The molecular formula is C22H26N2O7. The van der Waals surface area contributed by atoms with E-state index in [0.29, 0.717) is 23.6 Å². The molecule has 0 saturated heterocycles. The van der Waals surface area contributed by atoms with E-state index in [2.05, 4.69) is 10.6 Å². The second-order valence-corrected chi connectivity index (χ2v) is 6.63. The van der Waals surface area contributed by atoms with Crippen molar-refractivity contribution in [2.24, 2.45) is 0 Å². The van der Waals surface area contributed by atoms with Crippen LogP contribution in [0.15, 0.2) is 47.1 Å². The Kier molecular flexibility index (Phi) is 9.80. The van der Waals surface area contributed by atoms with Crippen LogP contribution in [0.25, 0.3) is 0 Å². The van der Waals surface area contributed by atoms with E-state index in [1.165, 1.54) is 18.4 Å². The number of hydrogen-bond acceptors (Lipinski definition) is 7. The van der Waals surface area contributed by atoms with Crippen molar-refractivity contribution in [1.29, 1.82) is 0 Å². The van der Waals surface area contributed by atoms with Crippen molar-refractivity contribution in [2.45, 2.75) is 39.2 Å². The third-order valence-corrected chi connectivity index (χ3v) is 4.10. The van der Waals surface area contributed by atoms with Crippen LogP contribution in [0.1, 0.15) is 48.7 Å². The highest BCUT2D eigenvalue weighted by Gasteiger charge is 2.12. The van der Waals surface area contributed by atoms with Gasteiger partial charge in [0, 0.05) is 12.1 Å². The number of carbonyl (C=O) groups excluding carboxylic acids is 4. The zero-order valence-corrected chi connectivity index (χ0v) is 17.3. The van der Waals surface area contributed by atoms with Crippen LogP contribution < -0.4 is 10.6 Å². The minimum atomic E-state index is -0.659. The molecule has 9 nitrogen and oxygen atoms in total. The lowest BCUT2D eigenvalue weighted by molar-refractivity contribution is -0.148. The number of rotatable bonds is 12. The average molecular weight is 430 g/mol. The lowest BCUT2D eigenvalue weighted by Crippen LogP contribution is -2.24. The topological polar surface area (TPSA) is 124 Å². The van der Waals surface area contributed by atoms with E-state index < -0.39 is 24.5 Å². The predicted octanol–water partition coefficient (Wildman–Crippen LogP) is 2.81. The summed E-state index contributed by atoms with van der Waals surface area (Å²) >= 11 is 0. The van der Waals surface area contributed by atoms with Crippen LogP contribution in [0.3, 0.4) is 0 Å². The largest absolute Gasteiger partial charge is 0.467 e. The second-order valence-electron chi connectivity index (χ2n) is 6.63. The van der Waals surface area contributed by atoms with Crippen LogP contribution in [-0.2, 0) is 30.4 Å². The third-order valence-electron chi connectivity index (χ3n) is 4.10. The Bertz CT molecular complexity index is 860. The van der Waals surface area contributed by atoms with E-state index in [1.54, 1.807) is 24.3 Å². The van der Waals surface area contributed by atoms with Gasteiger partial charge in [0.2, 0.25) is 5.91 Å². The van der Waals surface area contributed by atoms with Crippen molar-refractivity contribution in [2.75, 3.05) is 18.5 Å². The molecule has 31 heavy (non-hydrogen) atoms. The fraction of sp³-hybridized carbons (Fsp3) is 0.364. The van der Waals surface area contributed by atoms with Gasteiger partial charge in [-0.15, -0.1) is 0 Å². The summed E-state index contributed by atoms with van der Waals surface area (Å²) in [5.41, 5.74) is 0.828. The van der Waals surface area contributed by atoms with Gasteiger partial charge >= 0.3 is 11.9 Å². The van der Waals surface area contributed by atoms with E-state index in [0.717, 1.165) is 12.8 Å². The van der Waals surface area contributed by atoms with Crippen molar-refractivity contribution >= 4 is 29.4 Å². The molecule has 9 heteroatoms. The molecule has 0 unspecified atom stereocenters. The first-order chi connectivity index (χ1) is 15.0. The Labute approximate surface area is 180 Å². The smallest absolute Gasteiger partial charge is 0.338 e. The van der Waals surface area contributed by atoms with Crippen molar-refractivity contribution in [3.05, 3.63) is 54.0 Å². The summed E-state index contributed by atoms with van der Waals surface area (Å²) in [7, 11) is 0. The summed E-state index contributed by atoms with van der Waals surface area (Å²) in [5, 5.41) is 5.17. The van der Waals surface area contributed by atoms with Gasteiger partial charge in [-0.1, -0.05) is 13.3 Å². The summed E-state index contributed by atoms with van der Waals surface area (Å²) < 4.78 is 15.1. The van der Waals surface area contributed by atoms with Gasteiger partial charge in [0.05, 0.1) is 31.4 Å². The van der Waals surface area contributed by atoms with Gasteiger partial charge in [-0.05, 0) is 42.8 Å². The molecule has 0 atom stereocenters. The Hall–Kier alpha value is -3.62. The van der Waals surface area contributed by atoms with Crippen LogP contribution in [0, 0.1) is 0 Å². The Morgan fingerprint density at radius 3 is 2.42 bits per heavy atom. The van der Waals surface area contributed by atoms with Crippen molar-refractivity contribution in [3.63, 3.8) is 0 Å². The van der Waals surface area contributed by atoms with E-state index >= 15 is 0 Å². The normalized spacial score (nSPS) is 10.2. The van der Waals surface area contributed by atoms with Gasteiger partial charge in [0.1, 0.15) is 5.76 Å². The number of unbranched alkanes of at least 4 members (excludes halogenated alkanes) is 1. The highest BCUT2D eigenvalue weighted by atomic mass is 16.5. The number of nitrogens with one attached hydrogen (secondary N) is 2. The zero-order chi connectivity index (χ0) is 22.5. The van der Waals surface area contributed by atoms with Crippen LogP contribution >= 0.6 is 0 Å². The quantitative estimate of drug-likeness (QED) is 0.392. The molecule has 1 aromatic carbocycles. The number of furan rings is 1. The SMILES string of the molecule is CCCCOC(=O)c1ccc(NC(=O)COC(=O)CCC(=O)NCc2ccco2)cc1. The number of anilines is 1. The molecule has 0 spiro atoms. The molecule has 1 aromatic heterocycles. The molecule has 0 radical (unpaired) electrons. The van der Waals surface area contributed by atoms with Crippen molar-refractivity contribution in [3.8, 4) is 0 Å². The highest BCUT2D eigenvalue weighted by Crippen LogP contribution is 2.11. The van der Waals surface area contributed by atoms with Crippen LogP contribution in [0.5, 0.6) is 0 Å². The van der Waals surface area contributed by atoms with Gasteiger partial charge in [0.15, 0.2) is 6.61 Å². The molecule has 0 saturated carbocycles. The molecular weight excluding hydrogens is 404 g/mol. The number of ether oxygens (including phenoxy) is 2. The molecule has 166 valence electrons. The highest BCUT2D eigenvalue weighted by molar-refractivity contribution is 5.94. The first-order valence-corrected chi connectivity index (χ1v) is 9.99. The van der Waals surface area contributed by atoms with Crippen LogP contribution in [-0.4, -0.2) is 37.0 Å². The first kappa shape index (κ1) is 23.7. The Balaban J connectivity index is 1.63. The summed E-state index contributed by atoms with van der Waals surface area (Å²) in [6, 6.07) is 9.62. The fourth-order valence-corrected chi connectivity index (χ4v) is 2.40. The average Bonchev–Trinajstić information content (AvgIpc) is 3.29. The molecule has 2 N–H and O–H groups in total. The molecule has 2 aromatic rings. The van der Waals surface area contributed by atoms with E-state index in [-0.39, 0.29) is 25.3 Å². The molecule has 2 amide bonds. The van der Waals surface area contributed by atoms with E-state index in [4.69, 9.17) is 13.9 Å². The fourth-order valence-electron chi connectivity index (χ4n) is 2.40. The minimum absolute atomic E-state index is 0.0586. The number of amides is 2. The monoisotopic (exact) mass is 430 g/mol. The summed E-state index contributed by atoms with van der Waals surface area (Å²) in [6.45, 7) is 2.13. The van der Waals surface area contributed by atoms with Crippen molar-refractivity contribution in [1.82, 2.24) is 5.32 Å².